The summed E-state index contributed by atoms with van der Waals surface area (Å²) in [5.74, 6) is -1.05. The highest BCUT2D eigenvalue weighted by molar-refractivity contribution is 7.92. The summed E-state index contributed by atoms with van der Waals surface area (Å²) in [4.78, 5) is 38.6. The lowest BCUT2D eigenvalue weighted by molar-refractivity contribution is -0.131. The van der Waals surface area contributed by atoms with Gasteiger partial charge in [0.05, 0.1) is 0 Å². The second kappa shape index (κ2) is 7.88. The lowest BCUT2D eigenvalue weighted by Crippen LogP contribution is -2.49. The Bertz CT molecular complexity index is 1340. The molecule has 158 valence electrons. The summed E-state index contributed by atoms with van der Waals surface area (Å²) in [7, 11) is -3.85. The van der Waals surface area contributed by atoms with Gasteiger partial charge in [-0.15, -0.1) is 0 Å². The highest BCUT2D eigenvalue weighted by Crippen LogP contribution is 2.24. The van der Waals surface area contributed by atoms with E-state index in [1.165, 1.54) is 35.3 Å². The lowest BCUT2D eigenvalue weighted by atomic mass is 10.0. The molecular weight excluding hydrogens is 410 g/mol. The summed E-state index contributed by atoms with van der Waals surface area (Å²) in [6.45, 7) is 1.17. The maximum absolute atomic E-state index is 12.5. The van der Waals surface area contributed by atoms with Gasteiger partial charge < -0.3 is 9.55 Å². The third-order valence-corrected chi connectivity index (χ3v) is 7.31. The first-order chi connectivity index (χ1) is 14.0. The molecule has 0 radical (unpaired) electrons. The van der Waals surface area contributed by atoms with E-state index in [1.54, 1.807) is 24.3 Å². The molecule has 0 spiro atoms. The molecule has 2 heterocycles. The van der Waals surface area contributed by atoms with Crippen molar-refractivity contribution in [2.45, 2.75) is 24.6 Å². The highest BCUT2D eigenvalue weighted by atomic mass is 32.2. The fourth-order valence-corrected chi connectivity index (χ4v) is 3.97. The standard InChI is InChI=1S/C20H21N3O6S/c1-20(19(26)22-27,30(2,28)29)8-10-23-9-7-14(12-18(23)25)13-3-5-16-15(11-13)4-6-17(24)21-16/h3-7,9,11-12,27H,8,10H2,1-2H3,(H,21,24)(H,22,26)/t20-/m1/s1. The Balaban J connectivity index is 1.89. The smallest absolute Gasteiger partial charge is 0.264 e. The minimum absolute atomic E-state index is 0.0327. The molecule has 10 heteroatoms. The molecule has 3 aromatic rings. The lowest BCUT2D eigenvalue weighted by Gasteiger charge is -2.25. The van der Waals surface area contributed by atoms with Crippen LogP contribution in [0.1, 0.15) is 13.3 Å². The maximum Gasteiger partial charge on any atom is 0.264 e. The van der Waals surface area contributed by atoms with E-state index < -0.39 is 20.5 Å². The maximum atomic E-state index is 12.5. The van der Waals surface area contributed by atoms with Gasteiger partial charge in [0, 0.05) is 36.6 Å². The number of carbonyl (C=O) groups excluding carboxylic acids is 1. The van der Waals surface area contributed by atoms with Gasteiger partial charge in [-0.1, -0.05) is 6.07 Å². The summed E-state index contributed by atoms with van der Waals surface area (Å²) in [6.07, 6.45) is 2.23. The summed E-state index contributed by atoms with van der Waals surface area (Å²) in [6, 6.07) is 11.6. The Morgan fingerprint density at radius 3 is 2.47 bits per heavy atom. The van der Waals surface area contributed by atoms with E-state index in [0.717, 1.165) is 17.2 Å². The molecule has 0 aliphatic carbocycles. The zero-order valence-corrected chi connectivity index (χ0v) is 17.2. The molecule has 0 fully saturated rings. The van der Waals surface area contributed by atoms with E-state index in [1.807, 2.05) is 6.07 Å². The van der Waals surface area contributed by atoms with E-state index in [-0.39, 0.29) is 24.1 Å². The average molecular weight is 431 g/mol. The van der Waals surface area contributed by atoms with E-state index >= 15 is 0 Å². The second-order valence-corrected chi connectivity index (χ2v) is 9.71. The first kappa shape index (κ1) is 21.5. The number of nitrogens with one attached hydrogen (secondary N) is 2. The fourth-order valence-electron chi connectivity index (χ4n) is 3.13. The number of rotatable bonds is 6. The van der Waals surface area contributed by atoms with Gasteiger partial charge in [-0.2, -0.15) is 0 Å². The molecule has 30 heavy (non-hydrogen) atoms. The first-order valence-electron chi connectivity index (χ1n) is 9.03. The number of nitrogens with zero attached hydrogens (tertiary/aromatic N) is 1. The van der Waals surface area contributed by atoms with E-state index in [0.29, 0.717) is 11.1 Å². The van der Waals surface area contributed by atoms with Gasteiger partial charge in [0.2, 0.25) is 5.56 Å². The SMILES string of the molecule is C[C@@](CCn1ccc(-c2ccc3[nH]c(=O)ccc3c2)cc1=O)(C(=O)NO)S(C)(=O)=O. The topological polar surface area (TPSA) is 138 Å². The van der Waals surface area contributed by atoms with Crippen LogP contribution >= 0.6 is 0 Å². The Morgan fingerprint density at radius 1 is 1.13 bits per heavy atom. The van der Waals surface area contributed by atoms with Crippen LogP contribution in [-0.2, 0) is 21.2 Å². The van der Waals surface area contributed by atoms with Crippen LogP contribution in [0.4, 0.5) is 0 Å². The molecule has 1 aromatic carbocycles. The largest absolute Gasteiger partial charge is 0.322 e. The van der Waals surface area contributed by atoms with Crippen LogP contribution in [-0.4, -0.2) is 40.1 Å². The zero-order valence-electron chi connectivity index (χ0n) is 16.4. The quantitative estimate of drug-likeness (QED) is 0.394. The number of sulfone groups is 1. The predicted molar refractivity (Wildman–Crippen MR) is 112 cm³/mol. The number of aromatic amines is 1. The van der Waals surface area contributed by atoms with Crippen LogP contribution in [0.15, 0.2) is 58.3 Å². The molecule has 0 unspecified atom stereocenters. The van der Waals surface area contributed by atoms with Crippen LogP contribution in [0, 0.1) is 0 Å². The number of carbonyl (C=O) groups is 1. The van der Waals surface area contributed by atoms with Crippen molar-refractivity contribution in [2.75, 3.05) is 6.26 Å². The molecule has 2 aromatic heterocycles. The second-order valence-electron chi connectivity index (χ2n) is 7.27. The molecule has 1 amide bonds. The van der Waals surface area contributed by atoms with Crippen molar-refractivity contribution in [3.63, 3.8) is 0 Å². The average Bonchev–Trinajstić information content (AvgIpc) is 2.70. The van der Waals surface area contributed by atoms with E-state index in [4.69, 9.17) is 5.21 Å². The van der Waals surface area contributed by atoms with Gasteiger partial charge in [-0.25, -0.2) is 13.9 Å². The van der Waals surface area contributed by atoms with Crippen LogP contribution in [0.2, 0.25) is 0 Å². The van der Waals surface area contributed by atoms with Crippen molar-refractivity contribution in [3.8, 4) is 11.1 Å². The Labute approximate surface area is 171 Å². The first-order valence-corrected chi connectivity index (χ1v) is 10.9. The third-order valence-electron chi connectivity index (χ3n) is 5.28. The van der Waals surface area contributed by atoms with Gasteiger partial charge in [-0.05, 0) is 54.1 Å². The number of fused-ring (bicyclic) bond motifs is 1. The van der Waals surface area contributed by atoms with Crippen molar-refractivity contribution in [3.05, 3.63) is 69.4 Å². The number of benzene rings is 1. The summed E-state index contributed by atoms with van der Waals surface area (Å²) in [5.41, 5.74) is 2.93. The monoisotopic (exact) mass is 431 g/mol. The van der Waals surface area contributed by atoms with Gasteiger partial charge in [0.1, 0.15) is 0 Å². The minimum atomic E-state index is -3.85. The van der Waals surface area contributed by atoms with E-state index in [2.05, 4.69) is 4.98 Å². The van der Waals surface area contributed by atoms with Gasteiger partial charge in [-0.3, -0.25) is 19.6 Å². The van der Waals surface area contributed by atoms with Gasteiger partial charge in [0.25, 0.3) is 11.5 Å². The molecule has 9 nitrogen and oxygen atoms in total. The number of aryl methyl sites for hydroxylation is 1. The van der Waals surface area contributed by atoms with Crippen molar-refractivity contribution in [1.82, 2.24) is 15.0 Å². The number of amides is 1. The molecule has 1 atom stereocenters. The Kier molecular flexibility index (Phi) is 5.64. The molecule has 0 saturated heterocycles. The molecular formula is C20H21N3O6S. The van der Waals surface area contributed by atoms with Crippen molar-refractivity contribution in [1.29, 1.82) is 0 Å². The molecule has 0 saturated carbocycles. The summed E-state index contributed by atoms with van der Waals surface area (Å²) >= 11 is 0. The molecule has 0 aliphatic rings. The number of pyridine rings is 2. The molecule has 0 bridgehead atoms. The van der Waals surface area contributed by atoms with Crippen LogP contribution in [0.5, 0.6) is 0 Å². The van der Waals surface area contributed by atoms with Crippen LogP contribution < -0.4 is 16.6 Å². The normalized spacial score (nSPS) is 13.7. The third kappa shape index (κ3) is 4.05. The fraction of sp³-hybridized carbons (Fsp3) is 0.250. The Morgan fingerprint density at radius 2 is 1.83 bits per heavy atom. The summed E-state index contributed by atoms with van der Waals surface area (Å²) in [5, 5.41) is 9.70. The van der Waals surface area contributed by atoms with Crippen LogP contribution in [0.25, 0.3) is 22.0 Å². The summed E-state index contributed by atoms with van der Waals surface area (Å²) < 4.78 is 23.5. The molecule has 3 N–H and O–H groups in total. The number of hydrogen-bond acceptors (Lipinski definition) is 6. The number of aromatic nitrogens is 2. The zero-order chi connectivity index (χ0) is 22.1. The highest BCUT2D eigenvalue weighted by Gasteiger charge is 2.43. The number of hydroxylamine groups is 1. The van der Waals surface area contributed by atoms with Gasteiger partial charge in [0.15, 0.2) is 14.6 Å². The number of H-pyrrole nitrogens is 1. The van der Waals surface area contributed by atoms with Gasteiger partial charge >= 0.3 is 0 Å². The molecule has 3 rings (SSSR count). The van der Waals surface area contributed by atoms with Crippen molar-refractivity contribution >= 4 is 26.6 Å². The molecule has 0 aliphatic heterocycles. The minimum Gasteiger partial charge on any atom is -0.322 e. The van der Waals surface area contributed by atoms with Crippen LogP contribution in [0.3, 0.4) is 0 Å². The number of hydrogen-bond donors (Lipinski definition) is 3. The van der Waals surface area contributed by atoms with Crippen molar-refractivity contribution < 1.29 is 18.4 Å². The predicted octanol–water partition coefficient (Wildman–Crippen LogP) is 1.06. The van der Waals surface area contributed by atoms with E-state index in [9.17, 15) is 22.8 Å². The van der Waals surface area contributed by atoms with Crippen molar-refractivity contribution in [2.24, 2.45) is 0 Å². The Hall–Kier alpha value is -3.24.